The van der Waals surface area contributed by atoms with Gasteiger partial charge < -0.3 is 39.0 Å². The van der Waals surface area contributed by atoms with Crippen LogP contribution in [0, 0.1) is 0 Å². The Morgan fingerprint density at radius 2 is 1.33 bits per heavy atom. The molecule has 3 heterocycles. The average molecular weight is 314 g/mol. The van der Waals surface area contributed by atoms with Crippen molar-refractivity contribution in [3.05, 3.63) is 0 Å². The Balaban J connectivity index is 0. The van der Waals surface area contributed by atoms with E-state index in [1.807, 2.05) is 0 Å². The first-order valence-electron chi connectivity index (χ1n) is 5.87. The van der Waals surface area contributed by atoms with Gasteiger partial charge in [-0.25, -0.2) is 0 Å². The Morgan fingerprint density at radius 1 is 0.952 bits per heavy atom. The van der Waals surface area contributed by atoms with E-state index in [0.717, 1.165) is 0 Å². The zero-order valence-electron chi connectivity index (χ0n) is 11.2. The van der Waals surface area contributed by atoms with Gasteiger partial charge in [-0.05, 0) is 0 Å². The summed E-state index contributed by atoms with van der Waals surface area (Å²) in [5.41, 5.74) is -1.51. The molecule has 3 aliphatic rings. The van der Waals surface area contributed by atoms with Crippen molar-refractivity contribution < 1.29 is 39.0 Å². The molecular weight excluding hydrogens is 284 g/mol. The van der Waals surface area contributed by atoms with E-state index in [1.165, 1.54) is 7.11 Å². The summed E-state index contributed by atoms with van der Waals surface area (Å²) >= 11 is 0. The van der Waals surface area contributed by atoms with Crippen molar-refractivity contribution in [1.29, 1.82) is 0 Å². The molecule has 3 rings (SSSR count). The smallest absolute Gasteiger partial charge is 0.271 e. The second-order valence-corrected chi connectivity index (χ2v) is 4.47. The Morgan fingerprint density at radius 3 is 1.48 bits per heavy atom. The number of fused-ring (bicyclic) bond motifs is 3. The predicted molar refractivity (Wildman–Crippen MR) is 75.8 cm³/mol. The Kier molecular flexibility index (Phi) is 11.4. The molecule has 0 aromatic rings. The van der Waals surface area contributed by atoms with Crippen molar-refractivity contribution in [1.82, 2.24) is 0 Å². The fourth-order valence-corrected chi connectivity index (χ4v) is 1.45. The number of rotatable bonds is 5. The van der Waals surface area contributed by atoms with Crippen molar-refractivity contribution in [3.63, 3.8) is 0 Å². The van der Waals surface area contributed by atoms with Crippen LogP contribution < -0.4 is 0 Å². The van der Waals surface area contributed by atoms with Crippen molar-refractivity contribution >= 4 is 0 Å². The van der Waals surface area contributed by atoms with Crippen LogP contribution >= 0.6 is 0 Å². The van der Waals surface area contributed by atoms with Crippen LogP contribution in [-0.4, -0.2) is 86.9 Å². The molecule has 8 nitrogen and oxygen atoms in total. The number of ether oxygens (including phenoxy) is 5. The summed E-state index contributed by atoms with van der Waals surface area (Å²) in [6, 6.07) is 0. The fourth-order valence-electron chi connectivity index (χ4n) is 1.45. The molecule has 3 fully saturated rings. The number of aliphatic hydroxyl groups is 3. The lowest BCUT2D eigenvalue weighted by Crippen LogP contribution is -2.58. The predicted octanol–water partition coefficient (Wildman–Crippen LogP) is -0.647. The van der Waals surface area contributed by atoms with Gasteiger partial charge in [0.05, 0.1) is 39.6 Å². The molecule has 0 aromatic carbocycles. The molecule has 0 unspecified atom stereocenters. The van der Waals surface area contributed by atoms with Crippen LogP contribution in [0.4, 0.5) is 0 Å². The van der Waals surface area contributed by atoms with E-state index in [2.05, 4.69) is 4.74 Å². The minimum atomic E-state index is -1.17. The molecule has 3 aliphatic heterocycles. The van der Waals surface area contributed by atoms with Gasteiger partial charge in [0.25, 0.3) is 6.48 Å². The summed E-state index contributed by atoms with van der Waals surface area (Å²) in [7, 11) is 2.96. The number of hydrogen-bond donors (Lipinski definition) is 3. The third-order valence-electron chi connectivity index (χ3n) is 3.18. The fraction of sp³-hybridized carbons (Fsp3) is 1.00. The molecule has 8 heteroatoms. The van der Waals surface area contributed by atoms with Gasteiger partial charge in [0, 0.05) is 14.2 Å². The number of aliphatic hydroxyl groups excluding tert-OH is 3. The Bertz CT molecular complexity index is 217. The van der Waals surface area contributed by atoms with E-state index < -0.39 is 12.1 Å². The van der Waals surface area contributed by atoms with E-state index in [0.29, 0.717) is 19.8 Å². The van der Waals surface area contributed by atoms with Crippen molar-refractivity contribution in [2.45, 2.75) is 32.5 Å². The van der Waals surface area contributed by atoms with Gasteiger partial charge >= 0.3 is 0 Å². The van der Waals surface area contributed by atoms with Gasteiger partial charge in [0.1, 0.15) is 11.2 Å². The highest BCUT2D eigenvalue weighted by molar-refractivity contribution is 4.85. The molecule has 0 radical (unpaired) electrons. The highest BCUT2D eigenvalue weighted by Gasteiger charge is 2.43. The molecular formula is C13H30O8. The minimum Gasteiger partial charge on any atom is -0.393 e. The van der Waals surface area contributed by atoms with Crippen LogP contribution in [0.1, 0.15) is 14.9 Å². The third-order valence-corrected chi connectivity index (χ3v) is 3.18. The lowest BCUT2D eigenvalue weighted by molar-refractivity contribution is -0.408. The molecule has 0 spiro atoms. The topological polar surface area (TPSA) is 107 Å². The molecule has 0 saturated carbocycles. The van der Waals surface area contributed by atoms with Gasteiger partial charge in [-0.3, -0.25) is 0 Å². The van der Waals surface area contributed by atoms with Crippen LogP contribution in [0.2, 0.25) is 0 Å². The summed E-state index contributed by atoms with van der Waals surface area (Å²) in [5, 5.41) is 25.6. The van der Waals surface area contributed by atoms with Crippen molar-refractivity contribution in [3.8, 4) is 0 Å². The Hall–Kier alpha value is -0.320. The molecule has 0 aromatic heterocycles. The van der Waals surface area contributed by atoms with Crippen LogP contribution in [0.15, 0.2) is 0 Å². The van der Waals surface area contributed by atoms with Crippen molar-refractivity contribution in [2.75, 3.05) is 53.9 Å². The standard InChI is InChI=1S/C6H10O4.C5H12O4.2CH4/c1-7-6-2-8-5(9-3-6)10-4-6;1-9-5(2-6,3-7)4-8;;/h5H,2-4H2,1H3;6-8H,2-4H2,1H3;2*1H4. The first-order chi connectivity index (χ1) is 9.09. The maximum atomic E-state index is 8.53. The second-order valence-electron chi connectivity index (χ2n) is 4.47. The largest absolute Gasteiger partial charge is 0.393 e. The van der Waals surface area contributed by atoms with Gasteiger partial charge in [-0.1, -0.05) is 14.9 Å². The number of hydrogen-bond acceptors (Lipinski definition) is 8. The zero-order valence-corrected chi connectivity index (χ0v) is 11.2. The quantitative estimate of drug-likeness (QED) is 0.615. The van der Waals surface area contributed by atoms with Gasteiger partial charge in [-0.2, -0.15) is 0 Å². The van der Waals surface area contributed by atoms with E-state index in [9.17, 15) is 0 Å². The molecule has 2 bridgehead atoms. The summed E-state index contributed by atoms with van der Waals surface area (Å²) in [4.78, 5) is 0. The third kappa shape index (κ3) is 5.76. The van der Waals surface area contributed by atoms with E-state index in [4.69, 9.17) is 34.3 Å². The Labute approximate surface area is 126 Å². The highest BCUT2D eigenvalue weighted by Crippen LogP contribution is 2.26. The van der Waals surface area contributed by atoms with Crippen LogP contribution in [0.3, 0.4) is 0 Å². The van der Waals surface area contributed by atoms with Crippen LogP contribution in [0.25, 0.3) is 0 Å². The average Bonchev–Trinajstić information content (AvgIpc) is 2.53. The van der Waals surface area contributed by atoms with Crippen LogP contribution in [-0.2, 0) is 23.7 Å². The number of methoxy groups -OCH3 is 2. The first-order valence-corrected chi connectivity index (χ1v) is 5.87. The summed E-state index contributed by atoms with van der Waals surface area (Å²) < 4.78 is 25.1. The minimum absolute atomic E-state index is 0. The molecule has 0 aliphatic carbocycles. The van der Waals surface area contributed by atoms with E-state index >= 15 is 0 Å². The summed E-state index contributed by atoms with van der Waals surface area (Å²) in [6.45, 7) is 0.150. The maximum absolute atomic E-state index is 8.53. The van der Waals surface area contributed by atoms with Gasteiger partial charge in [-0.15, -0.1) is 0 Å². The van der Waals surface area contributed by atoms with E-state index in [1.54, 1.807) is 7.11 Å². The first kappa shape index (κ1) is 23.0. The van der Waals surface area contributed by atoms with Crippen molar-refractivity contribution in [2.24, 2.45) is 0 Å². The molecule has 21 heavy (non-hydrogen) atoms. The van der Waals surface area contributed by atoms with Gasteiger partial charge in [0.15, 0.2) is 0 Å². The summed E-state index contributed by atoms with van der Waals surface area (Å²) in [5.74, 6) is 0. The monoisotopic (exact) mass is 314 g/mol. The lowest BCUT2D eigenvalue weighted by Gasteiger charge is -2.43. The SMILES string of the molecule is C.C.COC(CO)(CO)CO.COC12COC(OC1)OC2. The molecule has 3 N–H and O–H groups in total. The molecule has 0 atom stereocenters. The van der Waals surface area contributed by atoms with E-state index in [-0.39, 0.29) is 40.3 Å². The normalized spacial score (nSPS) is 27.0. The van der Waals surface area contributed by atoms with Crippen LogP contribution in [0.5, 0.6) is 0 Å². The maximum Gasteiger partial charge on any atom is 0.271 e. The molecule has 0 amide bonds. The zero-order chi connectivity index (χ0) is 14.4. The molecule has 130 valence electrons. The second kappa shape index (κ2) is 10.4. The lowest BCUT2D eigenvalue weighted by atomic mass is 10.1. The summed E-state index contributed by atoms with van der Waals surface area (Å²) in [6.07, 6.45) is 0. The highest BCUT2D eigenvalue weighted by atomic mass is 16.9. The van der Waals surface area contributed by atoms with Gasteiger partial charge in [0.2, 0.25) is 0 Å². The molecule has 3 saturated heterocycles.